The summed E-state index contributed by atoms with van der Waals surface area (Å²) < 4.78 is 0. The van der Waals surface area contributed by atoms with E-state index >= 15 is 0 Å². The molecule has 0 atom stereocenters. The maximum absolute atomic E-state index is 10.2. The quantitative estimate of drug-likeness (QED) is 0.545. The predicted molar refractivity (Wildman–Crippen MR) is 52.7 cm³/mol. The molecular formula is C10H8O2S. The van der Waals surface area contributed by atoms with Gasteiger partial charge in [0, 0.05) is 16.4 Å². The molecule has 13 heavy (non-hydrogen) atoms. The van der Waals surface area contributed by atoms with Crippen molar-refractivity contribution in [1.82, 2.24) is 0 Å². The van der Waals surface area contributed by atoms with E-state index in [1.54, 1.807) is 11.8 Å². The zero-order chi connectivity index (χ0) is 9.68. The van der Waals surface area contributed by atoms with Crippen LogP contribution in [-0.4, -0.2) is 17.3 Å². The highest BCUT2D eigenvalue weighted by Gasteiger charge is 1.95. The Morgan fingerprint density at radius 2 is 2.15 bits per heavy atom. The number of carbonyl (C=O) groups is 1. The fourth-order valence-corrected chi connectivity index (χ4v) is 1.42. The molecule has 66 valence electrons. The van der Waals surface area contributed by atoms with Crippen molar-refractivity contribution in [2.75, 3.05) is 6.26 Å². The first kappa shape index (κ1) is 9.69. The van der Waals surface area contributed by atoms with E-state index in [2.05, 4.69) is 11.8 Å². The smallest absolute Gasteiger partial charge is 0.382 e. The highest BCUT2D eigenvalue weighted by Crippen LogP contribution is 2.18. The van der Waals surface area contributed by atoms with E-state index in [1.807, 2.05) is 30.5 Å². The zero-order valence-electron chi connectivity index (χ0n) is 7.07. The molecule has 0 saturated heterocycles. The van der Waals surface area contributed by atoms with Crippen molar-refractivity contribution in [3.05, 3.63) is 29.8 Å². The molecule has 2 nitrogen and oxygen atoms in total. The van der Waals surface area contributed by atoms with Gasteiger partial charge in [0.05, 0.1) is 0 Å². The summed E-state index contributed by atoms with van der Waals surface area (Å²) in [5.74, 6) is 3.58. The average Bonchev–Trinajstić information content (AvgIpc) is 2.15. The van der Waals surface area contributed by atoms with Gasteiger partial charge in [-0.15, -0.1) is 11.8 Å². The Hall–Kier alpha value is -1.40. The van der Waals surface area contributed by atoms with Crippen molar-refractivity contribution in [2.45, 2.75) is 4.90 Å². The molecule has 3 heteroatoms. The second-order valence-corrected chi connectivity index (χ2v) is 3.10. The summed E-state index contributed by atoms with van der Waals surface area (Å²) in [5.41, 5.74) is 0.761. The maximum atomic E-state index is 10.2. The predicted octanol–water partition coefficient (Wildman–Crippen LogP) is 1.84. The maximum Gasteiger partial charge on any atom is 0.382 e. The standard InChI is InChI=1S/C10H8O2S/c1-13-9-5-3-2-4-8(9)6-7-10(11)12/h2-5H,1H3,(H,11,12). The number of carboxylic acid groups (broad SMARTS) is 1. The molecule has 0 aromatic heterocycles. The molecule has 0 fully saturated rings. The first-order valence-corrected chi connectivity index (χ1v) is 4.84. The first-order valence-electron chi connectivity index (χ1n) is 3.62. The summed E-state index contributed by atoms with van der Waals surface area (Å²) in [7, 11) is 0. The molecule has 1 rings (SSSR count). The number of benzene rings is 1. The minimum atomic E-state index is -1.10. The van der Waals surface area contributed by atoms with E-state index in [4.69, 9.17) is 5.11 Å². The Labute approximate surface area is 81.0 Å². The normalized spacial score (nSPS) is 8.69. The van der Waals surface area contributed by atoms with E-state index in [0.29, 0.717) is 0 Å². The summed E-state index contributed by atoms with van der Waals surface area (Å²) >= 11 is 1.55. The Bertz CT molecular complexity index is 374. The van der Waals surface area contributed by atoms with Crippen LogP contribution in [0.3, 0.4) is 0 Å². The van der Waals surface area contributed by atoms with Gasteiger partial charge in [0.2, 0.25) is 0 Å². The van der Waals surface area contributed by atoms with Gasteiger partial charge in [-0.05, 0) is 18.4 Å². The molecule has 0 unspecified atom stereocenters. The molecule has 0 amide bonds. The zero-order valence-corrected chi connectivity index (χ0v) is 7.89. The van der Waals surface area contributed by atoms with Crippen LogP contribution in [0.4, 0.5) is 0 Å². The van der Waals surface area contributed by atoms with E-state index in [0.717, 1.165) is 10.5 Å². The van der Waals surface area contributed by atoms with Gasteiger partial charge in [0.25, 0.3) is 0 Å². The van der Waals surface area contributed by atoms with Crippen molar-refractivity contribution in [3.63, 3.8) is 0 Å². The van der Waals surface area contributed by atoms with Gasteiger partial charge >= 0.3 is 5.97 Å². The number of hydrogen-bond donors (Lipinski definition) is 1. The van der Waals surface area contributed by atoms with Gasteiger partial charge in [-0.3, -0.25) is 0 Å². The number of rotatable bonds is 1. The van der Waals surface area contributed by atoms with E-state index < -0.39 is 5.97 Å². The molecule has 0 spiro atoms. The van der Waals surface area contributed by atoms with Crippen LogP contribution in [0.25, 0.3) is 0 Å². The summed E-state index contributed by atoms with van der Waals surface area (Å²) in [4.78, 5) is 11.2. The molecule has 0 radical (unpaired) electrons. The Morgan fingerprint density at radius 3 is 2.77 bits per heavy atom. The van der Waals surface area contributed by atoms with Crippen LogP contribution in [0.5, 0.6) is 0 Å². The molecular weight excluding hydrogens is 184 g/mol. The number of carboxylic acids is 1. The van der Waals surface area contributed by atoms with E-state index in [9.17, 15) is 4.79 Å². The lowest BCUT2D eigenvalue weighted by atomic mass is 10.2. The van der Waals surface area contributed by atoms with Crippen LogP contribution < -0.4 is 0 Å². The average molecular weight is 192 g/mol. The van der Waals surface area contributed by atoms with Gasteiger partial charge in [-0.25, -0.2) is 4.79 Å². The van der Waals surface area contributed by atoms with Crippen molar-refractivity contribution in [2.24, 2.45) is 0 Å². The second-order valence-electron chi connectivity index (χ2n) is 2.26. The molecule has 0 aliphatic heterocycles. The lowest BCUT2D eigenvalue weighted by Gasteiger charge is -1.97. The van der Waals surface area contributed by atoms with Crippen LogP contribution in [0, 0.1) is 11.8 Å². The number of hydrogen-bond acceptors (Lipinski definition) is 2. The molecule has 1 N–H and O–H groups in total. The van der Waals surface area contributed by atoms with Crippen molar-refractivity contribution < 1.29 is 9.90 Å². The summed E-state index contributed by atoms with van der Waals surface area (Å²) in [6.45, 7) is 0. The summed E-state index contributed by atoms with van der Waals surface area (Å²) in [6.07, 6.45) is 1.93. The Morgan fingerprint density at radius 1 is 1.46 bits per heavy atom. The van der Waals surface area contributed by atoms with Crippen LogP contribution in [0.15, 0.2) is 29.2 Å². The minimum Gasteiger partial charge on any atom is -0.472 e. The van der Waals surface area contributed by atoms with Crippen LogP contribution in [0.1, 0.15) is 5.56 Å². The fraction of sp³-hybridized carbons (Fsp3) is 0.100. The topological polar surface area (TPSA) is 37.3 Å². The third-order valence-corrected chi connectivity index (χ3v) is 2.21. The molecule has 0 aliphatic rings. The molecule has 0 heterocycles. The molecule has 0 bridgehead atoms. The second kappa shape index (κ2) is 4.58. The lowest BCUT2D eigenvalue weighted by Crippen LogP contribution is -1.87. The molecule has 1 aromatic carbocycles. The van der Waals surface area contributed by atoms with Crippen molar-refractivity contribution in [3.8, 4) is 11.8 Å². The van der Waals surface area contributed by atoms with Gasteiger partial charge < -0.3 is 5.11 Å². The van der Waals surface area contributed by atoms with E-state index in [-0.39, 0.29) is 0 Å². The number of aliphatic carboxylic acids is 1. The monoisotopic (exact) mass is 192 g/mol. The lowest BCUT2D eigenvalue weighted by molar-refractivity contribution is -0.130. The SMILES string of the molecule is CSc1ccccc1C#CC(=O)O. The van der Waals surface area contributed by atoms with Crippen LogP contribution in [-0.2, 0) is 4.79 Å². The summed E-state index contributed by atoms with van der Waals surface area (Å²) in [5, 5.41) is 8.36. The third kappa shape index (κ3) is 2.85. The third-order valence-electron chi connectivity index (χ3n) is 1.41. The highest BCUT2D eigenvalue weighted by molar-refractivity contribution is 7.98. The van der Waals surface area contributed by atoms with Gasteiger partial charge in [-0.2, -0.15) is 0 Å². The Kier molecular flexibility index (Phi) is 3.41. The summed E-state index contributed by atoms with van der Waals surface area (Å²) in [6, 6.07) is 7.46. The molecule has 1 aromatic rings. The van der Waals surface area contributed by atoms with Crippen LogP contribution >= 0.6 is 11.8 Å². The van der Waals surface area contributed by atoms with Crippen LogP contribution in [0.2, 0.25) is 0 Å². The molecule has 0 saturated carbocycles. The largest absolute Gasteiger partial charge is 0.472 e. The molecule has 0 aliphatic carbocycles. The minimum absolute atomic E-state index is 0.761. The van der Waals surface area contributed by atoms with Gasteiger partial charge in [0.1, 0.15) is 0 Å². The van der Waals surface area contributed by atoms with Crippen molar-refractivity contribution >= 4 is 17.7 Å². The Balaban J connectivity index is 3.02. The highest BCUT2D eigenvalue weighted by atomic mass is 32.2. The van der Waals surface area contributed by atoms with Gasteiger partial charge in [-0.1, -0.05) is 18.1 Å². The van der Waals surface area contributed by atoms with Crippen molar-refractivity contribution in [1.29, 1.82) is 0 Å². The fourth-order valence-electron chi connectivity index (χ4n) is 0.869. The number of thioether (sulfide) groups is 1. The van der Waals surface area contributed by atoms with Gasteiger partial charge in [0.15, 0.2) is 0 Å². The first-order chi connectivity index (χ1) is 6.24. The van der Waals surface area contributed by atoms with E-state index in [1.165, 1.54) is 0 Å².